The van der Waals surface area contributed by atoms with Gasteiger partial charge < -0.3 is 9.30 Å². The Morgan fingerprint density at radius 1 is 1.10 bits per heavy atom. The minimum absolute atomic E-state index is 0.239. The van der Waals surface area contributed by atoms with Crippen LogP contribution in [0.4, 0.5) is 0 Å². The second kappa shape index (κ2) is 7.68. The van der Waals surface area contributed by atoms with Crippen LogP contribution in [-0.2, 0) is 6.54 Å². The van der Waals surface area contributed by atoms with Crippen LogP contribution < -0.4 is 4.74 Å². The lowest BCUT2D eigenvalue weighted by molar-refractivity contribution is 0.396. The van der Waals surface area contributed by atoms with Crippen LogP contribution in [0, 0.1) is 6.92 Å². The van der Waals surface area contributed by atoms with Crippen LogP contribution in [-0.4, -0.2) is 36.4 Å². The van der Waals surface area contributed by atoms with E-state index in [1.807, 2.05) is 34.5 Å². The molecule has 0 fully saturated rings. The fourth-order valence-electron chi connectivity index (χ4n) is 3.93. The normalized spacial score (nSPS) is 15.8. The third-order valence-electron chi connectivity index (χ3n) is 5.40. The number of hydrogen-bond donors (Lipinski definition) is 0. The maximum Gasteiger partial charge on any atom is 0.238 e. The molecule has 152 valence electrons. The summed E-state index contributed by atoms with van der Waals surface area (Å²) >= 11 is 3.51. The molecular formula is C22H21BrN6O. The lowest BCUT2D eigenvalue weighted by atomic mass is 9.91. The summed E-state index contributed by atoms with van der Waals surface area (Å²) in [5.41, 5.74) is 3.72. The van der Waals surface area contributed by atoms with E-state index in [1.54, 1.807) is 13.4 Å². The van der Waals surface area contributed by atoms with Gasteiger partial charge in [-0.1, -0.05) is 28.1 Å². The smallest absolute Gasteiger partial charge is 0.238 e. The predicted octanol–water partition coefficient (Wildman–Crippen LogP) is 4.53. The minimum Gasteiger partial charge on any atom is -0.479 e. The maximum atomic E-state index is 5.55. The van der Waals surface area contributed by atoms with Crippen molar-refractivity contribution in [3.8, 4) is 23.1 Å². The highest BCUT2D eigenvalue weighted by Crippen LogP contribution is 2.34. The molecule has 1 aliphatic rings. The van der Waals surface area contributed by atoms with E-state index in [1.165, 1.54) is 5.56 Å². The lowest BCUT2D eigenvalue weighted by Gasteiger charge is -2.22. The molecule has 5 rings (SSSR count). The van der Waals surface area contributed by atoms with Gasteiger partial charge in [-0.15, -0.1) is 5.10 Å². The van der Waals surface area contributed by atoms with E-state index in [9.17, 15) is 0 Å². The third kappa shape index (κ3) is 3.41. The Bertz CT molecular complexity index is 1200. The zero-order valence-electron chi connectivity index (χ0n) is 16.8. The summed E-state index contributed by atoms with van der Waals surface area (Å²) in [4.78, 5) is 13.9. The van der Waals surface area contributed by atoms with Crippen LogP contribution in [0.5, 0.6) is 5.88 Å². The molecule has 7 nitrogen and oxygen atoms in total. The van der Waals surface area contributed by atoms with E-state index < -0.39 is 0 Å². The molecule has 0 radical (unpaired) electrons. The van der Waals surface area contributed by atoms with E-state index in [-0.39, 0.29) is 5.92 Å². The standard InChI is InChI=1S/C22H21BrN6O/c1-14-12-28(13-24-14)19-10-9-18(25-22(19)30-2)20-26-21-17(4-3-11-29(21)27-20)15-5-7-16(23)8-6-15/h5-10,12-13,17H,3-4,11H2,1-2H3/t17-/m0/s1. The molecule has 8 heteroatoms. The van der Waals surface area contributed by atoms with Crippen molar-refractivity contribution in [1.29, 1.82) is 0 Å². The number of halogens is 1. The Kier molecular flexibility index (Phi) is 4.86. The van der Waals surface area contributed by atoms with Crippen molar-refractivity contribution in [1.82, 2.24) is 29.3 Å². The largest absolute Gasteiger partial charge is 0.479 e. The number of nitrogens with zero attached hydrogens (tertiary/aromatic N) is 6. The molecule has 0 spiro atoms. The molecule has 0 aliphatic carbocycles. The summed E-state index contributed by atoms with van der Waals surface area (Å²) in [6.07, 6.45) is 5.84. The fraction of sp³-hybridized carbons (Fsp3) is 0.273. The average Bonchev–Trinajstić information content (AvgIpc) is 3.40. The number of imidazole rings is 1. The molecule has 0 unspecified atom stereocenters. The molecule has 0 N–H and O–H groups in total. The molecular weight excluding hydrogens is 444 g/mol. The van der Waals surface area contributed by atoms with Gasteiger partial charge in [-0.25, -0.2) is 19.6 Å². The molecule has 0 amide bonds. The molecule has 4 aromatic rings. The monoisotopic (exact) mass is 464 g/mol. The van der Waals surface area contributed by atoms with E-state index in [0.29, 0.717) is 17.4 Å². The molecule has 1 aromatic carbocycles. The molecule has 3 aromatic heterocycles. The summed E-state index contributed by atoms with van der Waals surface area (Å²) in [5.74, 6) is 2.37. The zero-order chi connectivity index (χ0) is 20.7. The minimum atomic E-state index is 0.239. The van der Waals surface area contributed by atoms with Gasteiger partial charge in [0.25, 0.3) is 0 Å². The first kappa shape index (κ1) is 19.0. The molecule has 30 heavy (non-hydrogen) atoms. The molecule has 1 aliphatic heterocycles. The van der Waals surface area contributed by atoms with Crippen LogP contribution in [0.3, 0.4) is 0 Å². The van der Waals surface area contributed by atoms with Crippen molar-refractivity contribution in [3.63, 3.8) is 0 Å². The highest BCUT2D eigenvalue weighted by atomic mass is 79.9. The Balaban J connectivity index is 1.52. The summed E-state index contributed by atoms with van der Waals surface area (Å²) in [5, 5.41) is 4.76. The first-order valence-electron chi connectivity index (χ1n) is 9.89. The highest BCUT2D eigenvalue weighted by molar-refractivity contribution is 9.10. The van der Waals surface area contributed by atoms with E-state index in [0.717, 1.165) is 41.1 Å². The Labute approximate surface area is 182 Å². The van der Waals surface area contributed by atoms with Gasteiger partial charge in [0.1, 0.15) is 17.2 Å². The summed E-state index contributed by atoms with van der Waals surface area (Å²) in [7, 11) is 1.62. The summed E-state index contributed by atoms with van der Waals surface area (Å²) < 4.78 is 10.5. The van der Waals surface area contributed by atoms with Crippen LogP contribution in [0.2, 0.25) is 0 Å². The number of hydrogen-bond acceptors (Lipinski definition) is 5. The van der Waals surface area contributed by atoms with Gasteiger partial charge in [-0.2, -0.15) is 0 Å². The summed E-state index contributed by atoms with van der Waals surface area (Å²) in [6, 6.07) is 12.4. The van der Waals surface area contributed by atoms with Gasteiger partial charge >= 0.3 is 0 Å². The number of fused-ring (bicyclic) bond motifs is 1. The van der Waals surface area contributed by atoms with Crippen molar-refractivity contribution in [2.75, 3.05) is 7.11 Å². The SMILES string of the molecule is COc1nc(-c2nc3n(n2)CCC[C@H]3c2ccc(Br)cc2)ccc1-n1cnc(C)c1. The number of aromatic nitrogens is 6. The average molecular weight is 465 g/mol. The van der Waals surface area contributed by atoms with E-state index >= 15 is 0 Å². The van der Waals surface area contributed by atoms with Crippen molar-refractivity contribution in [3.05, 3.63) is 70.5 Å². The molecule has 0 saturated heterocycles. The van der Waals surface area contributed by atoms with E-state index in [4.69, 9.17) is 14.8 Å². The molecule has 4 heterocycles. The number of benzene rings is 1. The Morgan fingerprint density at radius 3 is 2.67 bits per heavy atom. The van der Waals surface area contributed by atoms with Crippen molar-refractivity contribution >= 4 is 15.9 Å². The first-order valence-corrected chi connectivity index (χ1v) is 10.7. The zero-order valence-corrected chi connectivity index (χ0v) is 18.4. The molecule has 0 saturated carbocycles. The number of aryl methyl sites for hydroxylation is 2. The Hall–Kier alpha value is -3.00. The number of pyridine rings is 1. The number of ether oxygens (including phenoxy) is 1. The second-order valence-corrected chi connectivity index (χ2v) is 8.33. The van der Waals surface area contributed by atoms with Crippen molar-refractivity contribution < 1.29 is 4.74 Å². The maximum absolute atomic E-state index is 5.55. The number of rotatable bonds is 4. The summed E-state index contributed by atoms with van der Waals surface area (Å²) in [6.45, 7) is 2.82. The number of methoxy groups -OCH3 is 1. The van der Waals surface area contributed by atoms with Crippen LogP contribution in [0.25, 0.3) is 17.2 Å². The van der Waals surface area contributed by atoms with Gasteiger partial charge in [-0.3, -0.25) is 0 Å². The van der Waals surface area contributed by atoms with Crippen LogP contribution in [0.1, 0.15) is 35.8 Å². The highest BCUT2D eigenvalue weighted by Gasteiger charge is 2.26. The second-order valence-electron chi connectivity index (χ2n) is 7.41. The Morgan fingerprint density at radius 2 is 1.93 bits per heavy atom. The van der Waals surface area contributed by atoms with Crippen molar-refractivity contribution in [2.24, 2.45) is 0 Å². The van der Waals surface area contributed by atoms with Gasteiger partial charge in [0.05, 0.1) is 19.1 Å². The lowest BCUT2D eigenvalue weighted by Crippen LogP contribution is -2.17. The van der Waals surface area contributed by atoms with Gasteiger partial charge in [0.2, 0.25) is 5.88 Å². The third-order valence-corrected chi connectivity index (χ3v) is 5.93. The first-order chi connectivity index (χ1) is 14.6. The van der Waals surface area contributed by atoms with Crippen LogP contribution in [0.15, 0.2) is 53.4 Å². The predicted molar refractivity (Wildman–Crippen MR) is 117 cm³/mol. The van der Waals surface area contributed by atoms with Crippen molar-refractivity contribution in [2.45, 2.75) is 32.2 Å². The van der Waals surface area contributed by atoms with Gasteiger partial charge in [-0.05, 0) is 49.6 Å². The topological polar surface area (TPSA) is 70.7 Å². The fourth-order valence-corrected chi connectivity index (χ4v) is 4.19. The quantitative estimate of drug-likeness (QED) is 0.443. The molecule has 0 bridgehead atoms. The van der Waals surface area contributed by atoms with E-state index in [2.05, 4.69) is 50.2 Å². The molecule has 1 atom stereocenters. The van der Waals surface area contributed by atoms with Gasteiger partial charge in [0.15, 0.2) is 5.82 Å². The van der Waals surface area contributed by atoms with Crippen LogP contribution >= 0.6 is 15.9 Å². The van der Waals surface area contributed by atoms with Gasteiger partial charge in [0, 0.05) is 23.1 Å².